The first-order valence-electron chi connectivity index (χ1n) is 9.59. The Morgan fingerprint density at radius 2 is 2.18 bits per heavy atom. The second-order valence-corrected chi connectivity index (χ2v) is 6.69. The smallest absolute Gasteiger partial charge is 0.273 e. The van der Waals surface area contributed by atoms with Crippen molar-refractivity contribution in [1.29, 1.82) is 0 Å². The van der Waals surface area contributed by atoms with Crippen molar-refractivity contribution >= 4 is 11.8 Å². The van der Waals surface area contributed by atoms with E-state index in [4.69, 9.17) is 4.74 Å². The highest BCUT2D eigenvalue weighted by Crippen LogP contribution is 2.22. The molecule has 0 aliphatic carbocycles. The minimum Gasteiger partial charge on any atom is -0.477 e. The average molecular weight is 386 g/mol. The summed E-state index contributed by atoms with van der Waals surface area (Å²) in [5.41, 5.74) is 0.909. The topological polar surface area (TPSA) is 93.4 Å². The maximum Gasteiger partial charge on any atom is 0.273 e. The molecule has 2 amide bonds. The van der Waals surface area contributed by atoms with Crippen LogP contribution in [-0.2, 0) is 6.54 Å². The van der Waals surface area contributed by atoms with Gasteiger partial charge in [-0.1, -0.05) is 5.21 Å². The number of aryl methyl sites for hydroxylation is 1. The van der Waals surface area contributed by atoms with E-state index in [0.29, 0.717) is 43.4 Å². The number of likely N-dealkylation sites (tertiary alicyclic amines) is 1. The van der Waals surface area contributed by atoms with E-state index in [1.54, 1.807) is 39.9 Å². The highest BCUT2D eigenvalue weighted by molar-refractivity contribution is 5.96. The standard InChI is InChI=1S/C19H26N6O3/c1-4-25-16(12-21-22-25)19(27)24-11-7-8-14(13-24)23(3)18(26)15-9-6-10-20-17(15)28-5-2/h6,9-10,12,14H,4-5,7-8,11,13H2,1-3H3/t14-/m0/s1. The quantitative estimate of drug-likeness (QED) is 0.746. The van der Waals surface area contributed by atoms with Crippen molar-refractivity contribution in [2.75, 3.05) is 26.7 Å². The molecule has 3 rings (SSSR count). The summed E-state index contributed by atoms with van der Waals surface area (Å²) >= 11 is 0. The number of carbonyl (C=O) groups is 2. The molecule has 9 nitrogen and oxygen atoms in total. The van der Waals surface area contributed by atoms with E-state index in [1.807, 2.05) is 13.8 Å². The molecule has 1 saturated heterocycles. The first-order valence-corrected chi connectivity index (χ1v) is 9.59. The fourth-order valence-corrected chi connectivity index (χ4v) is 3.44. The minimum absolute atomic E-state index is 0.0779. The van der Waals surface area contributed by atoms with Crippen LogP contribution in [0.4, 0.5) is 0 Å². The summed E-state index contributed by atoms with van der Waals surface area (Å²) in [6.45, 7) is 5.92. The summed E-state index contributed by atoms with van der Waals surface area (Å²) in [7, 11) is 1.77. The largest absolute Gasteiger partial charge is 0.477 e. The zero-order valence-electron chi connectivity index (χ0n) is 16.5. The van der Waals surface area contributed by atoms with Crippen molar-refractivity contribution in [1.82, 2.24) is 29.8 Å². The Labute approximate surface area is 164 Å². The zero-order valence-corrected chi connectivity index (χ0v) is 16.5. The van der Waals surface area contributed by atoms with Crippen LogP contribution in [0.2, 0.25) is 0 Å². The Bertz CT molecular complexity index is 837. The number of hydrogen-bond donors (Lipinski definition) is 0. The Morgan fingerprint density at radius 1 is 1.36 bits per heavy atom. The van der Waals surface area contributed by atoms with Gasteiger partial charge in [0.2, 0.25) is 5.88 Å². The van der Waals surface area contributed by atoms with E-state index in [9.17, 15) is 9.59 Å². The lowest BCUT2D eigenvalue weighted by Gasteiger charge is -2.37. The third-order valence-corrected chi connectivity index (χ3v) is 4.97. The van der Waals surface area contributed by atoms with Gasteiger partial charge in [-0.15, -0.1) is 5.10 Å². The van der Waals surface area contributed by atoms with Crippen molar-refractivity contribution in [3.8, 4) is 5.88 Å². The SMILES string of the molecule is CCOc1ncccc1C(=O)N(C)[C@H]1CCCN(C(=O)c2cnnn2CC)C1. The number of piperidine rings is 1. The number of amides is 2. The predicted molar refractivity (Wildman–Crippen MR) is 102 cm³/mol. The lowest BCUT2D eigenvalue weighted by molar-refractivity contribution is 0.0511. The lowest BCUT2D eigenvalue weighted by atomic mass is 10.0. The number of pyridine rings is 1. The number of aromatic nitrogens is 4. The second kappa shape index (κ2) is 8.81. The maximum atomic E-state index is 13.0. The Balaban J connectivity index is 1.73. The van der Waals surface area contributed by atoms with E-state index < -0.39 is 0 Å². The van der Waals surface area contributed by atoms with Gasteiger partial charge in [-0.05, 0) is 38.8 Å². The summed E-state index contributed by atoms with van der Waals surface area (Å²) in [5.74, 6) is 0.0772. The minimum atomic E-state index is -0.156. The molecule has 0 spiro atoms. The lowest BCUT2D eigenvalue weighted by Crippen LogP contribution is -2.50. The van der Waals surface area contributed by atoms with Gasteiger partial charge in [-0.25, -0.2) is 9.67 Å². The van der Waals surface area contributed by atoms with E-state index in [0.717, 1.165) is 12.8 Å². The normalized spacial score (nSPS) is 16.7. The van der Waals surface area contributed by atoms with Gasteiger partial charge in [-0.2, -0.15) is 0 Å². The fourth-order valence-electron chi connectivity index (χ4n) is 3.44. The van der Waals surface area contributed by atoms with Crippen molar-refractivity contribution in [2.24, 2.45) is 0 Å². The molecule has 0 bridgehead atoms. The summed E-state index contributed by atoms with van der Waals surface area (Å²) in [5, 5.41) is 7.77. The van der Waals surface area contributed by atoms with Crippen molar-refractivity contribution in [2.45, 2.75) is 39.3 Å². The number of likely N-dealkylation sites (N-methyl/N-ethyl adjacent to an activating group) is 1. The van der Waals surface area contributed by atoms with Gasteiger partial charge in [0.1, 0.15) is 11.3 Å². The Hall–Kier alpha value is -2.97. The second-order valence-electron chi connectivity index (χ2n) is 6.69. The van der Waals surface area contributed by atoms with Crippen molar-refractivity contribution < 1.29 is 14.3 Å². The average Bonchev–Trinajstić information content (AvgIpc) is 3.22. The molecule has 1 aliphatic heterocycles. The number of nitrogens with zero attached hydrogens (tertiary/aromatic N) is 6. The monoisotopic (exact) mass is 386 g/mol. The van der Waals surface area contributed by atoms with Crippen LogP contribution in [0, 0.1) is 0 Å². The molecule has 0 saturated carbocycles. The van der Waals surface area contributed by atoms with Gasteiger partial charge < -0.3 is 14.5 Å². The van der Waals surface area contributed by atoms with Crippen LogP contribution in [-0.4, -0.2) is 74.4 Å². The van der Waals surface area contributed by atoms with Gasteiger partial charge in [0.05, 0.1) is 12.8 Å². The van der Waals surface area contributed by atoms with Crippen LogP contribution in [0.3, 0.4) is 0 Å². The van der Waals surface area contributed by atoms with Crippen molar-refractivity contribution in [3.63, 3.8) is 0 Å². The van der Waals surface area contributed by atoms with Gasteiger partial charge in [0.25, 0.3) is 11.8 Å². The fraction of sp³-hybridized carbons (Fsp3) is 0.526. The molecular weight excluding hydrogens is 360 g/mol. The number of carbonyl (C=O) groups excluding carboxylic acids is 2. The molecule has 2 aromatic rings. The summed E-state index contributed by atoms with van der Waals surface area (Å²) < 4.78 is 7.08. The van der Waals surface area contributed by atoms with Crippen LogP contribution in [0.25, 0.3) is 0 Å². The summed E-state index contributed by atoms with van der Waals surface area (Å²) in [4.78, 5) is 33.5. The van der Waals surface area contributed by atoms with E-state index in [1.165, 1.54) is 6.20 Å². The molecule has 9 heteroatoms. The van der Waals surface area contributed by atoms with Gasteiger partial charge in [0.15, 0.2) is 0 Å². The molecule has 0 aromatic carbocycles. The maximum absolute atomic E-state index is 13.0. The molecule has 1 aliphatic rings. The predicted octanol–water partition coefficient (Wildman–Crippen LogP) is 1.47. The highest BCUT2D eigenvalue weighted by atomic mass is 16.5. The molecule has 0 radical (unpaired) electrons. The number of hydrogen-bond acceptors (Lipinski definition) is 6. The van der Waals surface area contributed by atoms with E-state index in [-0.39, 0.29) is 17.9 Å². The molecule has 2 aromatic heterocycles. The first kappa shape index (κ1) is 19.8. The zero-order chi connectivity index (χ0) is 20.1. The molecule has 28 heavy (non-hydrogen) atoms. The Kier molecular flexibility index (Phi) is 6.23. The van der Waals surface area contributed by atoms with Gasteiger partial charge >= 0.3 is 0 Å². The first-order chi connectivity index (χ1) is 13.6. The summed E-state index contributed by atoms with van der Waals surface area (Å²) in [6.07, 6.45) is 4.76. The van der Waals surface area contributed by atoms with Gasteiger partial charge in [0, 0.05) is 38.9 Å². The van der Waals surface area contributed by atoms with Crippen LogP contribution < -0.4 is 4.74 Å². The molecule has 0 N–H and O–H groups in total. The van der Waals surface area contributed by atoms with Crippen LogP contribution >= 0.6 is 0 Å². The third kappa shape index (κ3) is 3.97. The van der Waals surface area contributed by atoms with E-state index >= 15 is 0 Å². The molecule has 1 fully saturated rings. The molecular formula is C19H26N6O3. The molecule has 0 unspecified atom stereocenters. The third-order valence-electron chi connectivity index (χ3n) is 4.97. The van der Waals surface area contributed by atoms with E-state index in [2.05, 4.69) is 15.3 Å². The van der Waals surface area contributed by atoms with Crippen LogP contribution in [0.5, 0.6) is 5.88 Å². The van der Waals surface area contributed by atoms with Gasteiger partial charge in [-0.3, -0.25) is 9.59 Å². The molecule has 3 heterocycles. The van der Waals surface area contributed by atoms with Crippen LogP contribution in [0.1, 0.15) is 47.5 Å². The van der Waals surface area contributed by atoms with Crippen molar-refractivity contribution in [3.05, 3.63) is 35.8 Å². The van der Waals surface area contributed by atoms with Crippen LogP contribution in [0.15, 0.2) is 24.5 Å². The number of rotatable bonds is 6. The highest BCUT2D eigenvalue weighted by Gasteiger charge is 2.31. The molecule has 1 atom stereocenters. The summed E-state index contributed by atoms with van der Waals surface area (Å²) in [6, 6.07) is 3.36. The number of ether oxygens (including phenoxy) is 1. The molecule has 150 valence electrons. The Morgan fingerprint density at radius 3 is 2.93 bits per heavy atom.